The molecule has 0 fully saturated rings. The molecule has 0 unspecified atom stereocenters. The molecule has 0 saturated heterocycles. The van der Waals surface area contributed by atoms with Crippen LogP contribution in [0.25, 0.3) is 0 Å². The van der Waals surface area contributed by atoms with Crippen LogP contribution in [0.3, 0.4) is 0 Å². The first-order valence-corrected chi connectivity index (χ1v) is 12.1. The Morgan fingerprint density at radius 2 is 2.00 bits per heavy atom. The van der Waals surface area contributed by atoms with Gasteiger partial charge in [0.05, 0.1) is 19.3 Å². The average molecular weight is 510 g/mol. The molecule has 0 saturated carbocycles. The minimum absolute atomic E-state index is 0.267. The Kier molecular flexibility index (Phi) is 7.94. The molecule has 0 aliphatic carbocycles. The highest BCUT2D eigenvalue weighted by atomic mass is 79.9. The second-order valence-corrected chi connectivity index (χ2v) is 9.14. The number of allylic oxidation sites excluding steroid dienone is 2. The van der Waals surface area contributed by atoms with E-state index >= 15 is 0 Å². The average Bonchev–Trinajstić information content (AvgIpc) is 3.25. The number of carbonyl (C=O) groups excluding carboxylic acids is 1. The number of rotatable bonds is 5. The van der Waals surface area contributed by atoms with Crippen molar-refractivity contribution >= 4 is 21.9 Å². The molecule has 2 aromatic carbocycles. The zero-order chi connectivity index (χ0) is 23.0. The van der Waals surface area contributed by atoms with E-state index in [9.17, 15) is 4.79 Å². The third-order valence-electron chi connectivity index (χ3n) is 5.74. The Hall–Kier alpha value is -2.93. The van der Waals surface area contributed by atoms with E-state index in [4.69, 9.17) is 9.47 Å². The van der Waals surface area contributed by atoms with Crippen LogP contribution >= 0.6 is 15.9 Å². The summed E-state index contributed by atoms with van der Waals surface area (Å²) in [5, 5.41) is 8.60. The number of methoxy groups -OCH3 is 1. The van der Waals surface area contributed by atoms with Crippen LogP contribution in [0.2, 0.25) is 0 Å². The van der Waals surface area contributed by atoms with Gasteiger partial charge in [0.1, 0.15) is 17.4 Å². The van der Waals surface area contributed by atoms with Gasteiger partial charge in [-0.1, -0.05) is 57.6 Å². The summed E-state index contributed by atoms with van der Waals surface area (Å²) in [5.41, 5.74) is 3.38. The lowest BCUT2D eigenvalue weighted by molar-refractivity contribution is 0.0271. The minimum Gasteiger partial charge on any atom is -0.496 e. The third kappa shape index (κ3) is 6.32. The van der Waals surface area contributed by atoms with Crippen LogP contribution in [-0.4, -0.2) is 34.2 Å². The number of ether oxygens (including phenoxy) is 2. The summed E-state index contributed by atoms with van der Waals surface area (Å²) >= 11 is 3.46. The van der Waals surface area contributed by atoms with Crippen molar-refractivity contribution in [1.82, 2.24) is 15.0 Å². The van der Waals surface area contributed by atoms with Gasteiger partial charge in [-0.05, 0) is 61.4 Å². The monoisotopic (exact) mass is 509 g/mol. The summed E-state index contributed by atoms with van der Waals surface area (Å²) in [5.74, 6) is 0.200. The SMILES string of the molecule is COc1cccc2c1C(=O)O[C@@H](Cc1cn(Cc3ccc(Br)cc3)nn1)CCCC/C=C/C2. The van der Waals surface area contributed by atoms with Gasteiger partial charge in [0, 0.05) is 17.1 Å². The second-order valence-electron chi connectivity index (χ2n) is 8.22. The fourth-order valence-corrected chi connectivity index (χ4v) is 4.31. The molecule has 6 nitrogen and oxygen atoms in total. The van der Waals surface area contributed by atoms with E-state index in [1.165, 1.54) is 0 Å². The van der Waals surface area contributed by atoms with Crippen LogP contribution < -0.4 is 4.74 Å². The molecule has 3 aromatic rings. The van der Waals surface area contributed by atoms with Crippen molar-refractivity contribution in [3.05, 3.63) is 87.7 Å². The molecule has 0 N–H and O–H groups in total. The van der Waals surface area contributed by atoms with Crippen molar-refractivity contribution in [2.75, 3.05) is 7.11 Å². The number of fused-ring (bicyclic) bond motifs is 1. The van der Waals surface area contributed by atoms with Crippen LogP contribution in [0, 0.1) is 0 Å². The highest BCUT2D eigenvalue weighted by molar-refractivity contribution is 9.10. The number of esters is 1. The number of halogens is 1. The number of hydrogen-bond donors (Lipinski definition) is 0. The molecule has 0 bridgehead atoms. The van der Waals surface area contributed by atoms with Gasteiger partial charge in [0.2, 0.25) is 0 Å². The van der Waals surface area contributed by atoms with Crippen molar-refractivity contribution in [3.8, 4) is 5.75 Å². The first-order chi connectivity index (χ1) is 16.1. The third-order valence-corrected chi connectivity index (χ3v) is 6.27. The van der Waals surface area contributed by atoms with Gasteiger partial charge in [-0.15, -0.1) is 5.10 Å². The summed E-state index contributed by atoms with van der Waals surface area (Å²) in [6.45, 7) is 0.641. The van der Waals surface area contributed by atoms with Gasteiger partial charge in [-0.2, -0.15) is 0 Å². The lowest BCUT2D eigenvalue weighted by atomic mass is 10.0. The Labute approximate surface area is 202 Å². The quantitative estimate of drug-likeness (QED) is 0.333. The summed E-state index contributed by atoms with van der Waals surface area (Å²) < 4.78 is 14.3. The maximum absolute atomic E-state index is 13.2. The Morgan fingerprint density at radius 3 is 2.82 bits per heavy atom. The first-order valence-electron chi connectivity index (χ1n) is 11.3. The van der Waals surface area contributed by atoms with Gasteiger partial charge in [0.25, 0.3) is 0 Å². The normalized spacial score (nSPS) is 17.9. The van der Waals surface area contributed by atoms with E-state index in [0.717, 1.165) is 47.0 Å². The molecule has 0 radical (unpaired) electrons. The molecule has 2 heterocycles. The van der Waals surface area contributed by atoms with Crippen LogP contribution in [0.1, 0.15) is 52.9 Å². The van der Waals surface area contributed by atoms with Crippen LogP contribution in [0.5, 0.6) is 5.75 Å². The number of nitrogens with zero attached hydrogens (tertiary/aromatic N) is 3. The van der Waals surface area contributed by atoms with E-state index in [2.05, 4.69) is 50.5 Å². The van der Waals surface area contributed by atoms with Crippen molar-refractivity contribution in [3.63, 3.8) is 0 Å². The molecule has 7 heteroatoms. The van der Waals surface area contributed by atoms with Gasteiger partial charge in [-0.3, -0.25) is 0 Å². The lowest BCUT2D eigenvalue weighted by Crippen LogP contribution is -2.22. The summed E-state index contributed by atoms with van der Waals surface area (Å²) in [6.07, 6.45) is 11.0. The number of cyclic esters (lactones) is 1. The van der Waals surface area contributed by atoms with Gasteiger partial charge in [0.15, 0.2) is 0 Å². The number of benzene rings is 2. The molecule has 4 rings (SSSR count). The number of aromatic nitrogens is 3. The molecule has 1 aliphatic heterocycles. The van der Waals surface area contributed by atoms with E-state index < -0.39 is 0 Å². The Bertz CT molecular complexity index is 1110. The molecule has 172 valence electrons. The van der Waals surface area contributed by atoms with Crippen LogP contribution in [-0.2, 0) is 24.1 Å². The standard InChI is InChI=1S/C26H28BrN3O3/c1-32-24-11-7-9-20-8-5-3-2-4-6-10-23(33-26(31)25(20)24)16-22-18-30(29-28-22)17-19-12-14-21(27)15-13-19/h3,5,7,9,11-15,18,23H,2,4,6,8,10,16-17H2,1H3/b5-3+/t23-/m1/s1. The maximum Gasteiger partial charge on any atom is 0.342 e. The lowest BCUT2D eigenvalue weighted by Gasteiger charge is -2.19. The van der Waals surface area contributed by atoms with E-state index in [1.54, 1.807) is 13.2 Å². The smallest absolute Gasteiger partial charge is 0.342 e. The molecule has 1 aromatic heterocycles. The van der Waals surface area contributed by atoms with E-state index in [1.807, 2.05) is 35.1 Å². The minimum atomic E-state index is -0.344. The largest absolute Gasteiger partial charge is 0.496 e. The summed E-state index contributed by atoms with van der Waals surface area (Å²) in [4.78, 5) is 13.2. The van der Waals surface area contributed by atoms with Crippen molar-refractivity contribution in [2.24, 2.45) is 0 Å². The maximum atomic E-state index is 13.2. The number of carbonyl (C=O) groups is 1. The second kappa shape index (κ2) is 11.3. The van der Waals surface area contributed by atoms with Crippen molar-refractivity contribution < 1.29 is 14.3 Å². The molecule has 0 spiro atoms. The molecule has 1 atom stereocenters. The summed E-state index contributed by atoms with van der Waals surface area (Å²) in [6, 6.07) is 13.8. The fourth-order valence-electron chi connectivity index (χ4n) is 4.04. The van der Waals surface area contributed by atoms with E-state index in [0.29, 0.717) is 30.7 Å². The molecule has 1 aliphatic rings. The van der Waals surface area contributed by atoms with Gasteiger partial charge >= 0.3 is 5.97 Å². The molecular formula is C26H28BrN3O3. The first kappa shape index (κ1) is 23.2. The predicted octanol–water partition coefficient (Wildman–Crippen LogP) is 5.54. The summed E-state index contributed by atoms with van der Waals surface area (Å²) in [7, 11) is 1.58. The zero-order valence-corrected chi connectivity index (χ0v) is 20.3. The van der Waals surface area contributed by atoms with Crippen LogP contribution in [0.15, 0.2) is 65.3 Å². The Balaban J connectivity index is 1.50. The number of hydrogen-bond acceptors (Lipinski definition) is 5. The molecule has 0 amide bonds. The van der Waals surface area contributed by atoms with Gasteiger partial charge in [-0.25, -0.2) is 9.48 Å². The Morgan fingerprint density at radius 1 is 1.15 bits per heavy atom. The highest BCUT2D eigenvalue weighted by Gasteiger charge is 2.23. The van der Waals surface area contributed by atoms with Crippen LogP contribution in [0.4, 0.5) is 0 Å². The van der Waals surface area contributed by atoms with Crippen molar-refractivity contribution in [1.29, 1.82) is 0 Å². The van der Waals surface area contributed by atoms with Crippen molar-refractivity contribution in [2.45, 2.75) is 51.2 Å². The predicted molar refractivity (Wildman–Crippen MR) is 130 cm³/mol. The molecular weight excluding hydrogens is 482 g/mol. The highest BCUT2D eigenvalue weighted by Crippen LogP contribution is 2.26. The van der Waals surface area contributed by atoms with Gasteiger partial charge < -0.3 is 9.47 Å². The molecule has 33 heavy (non-hydrogen) atoms. The van der Waals surface area contributed by atoms with E-state index in [-0.39, 0.29) is 12.1 Å². The topological polar surface area (TPSA) is 66.2 Å². The zero-order valence-electron chi connectivity index (χ0n) is 18.7. The fraction of sp³-hybridized carbons (Fsp3) is 0.346.